The minimum Gasteiger partial charge on any atom is -0.497 e. The van der Waals surface area contributed by atoms with Gasteiger partial charge >= 0.3 is 0 Å². The van der Waals surface area contributed by atoms with Gasteiger partial charge in [0.1, 0.15) is 11.0 Å². The lowest BCUT2D eigenvalue weighted by atomic mass is 10.1. The van der Waals surface area contributed by atoms with Gasteiger partial charge in [-0.15, -0.1) is 0 Å². The van der Waals surface area contributed by atoms with Crippen LogP contribution in [0.25, 0.3) is 0 Å². The summed E-state index contributed by atoms with van der Waals surface area (Å²) in [4.78, 5) is 32.6. The third-order valence-electron chi connectivity index (χ3n) is 5.48. The second-order valence-corrected chi connectivity index (χ2v) is 9.21. The first kappa shape index (κ1) is 23.6. The molecule has 0 radical (unpaired) electrons. The lowest BCUT2D eigenvalue weighted by molar-refractivity contribution is -0.129. The van der Waals surface area contributed by atoms with Crippen molar-refractivity contribution in [1.82, 2.24) is 4.90 Å². The van der Waals surface area contributed by atoms with E-state index in [9.17, 15) is 9.59 Å². The quantitative estimate of drug-likeness (QED) is 0.512. The highest BCUT2D eigenvalue weighted by atomic mass is 32.2. The Hall–Kier alpha value is -3.58. The second-order valence-electron chi connectivity index (χ2n) is 8.04. The first-order valence-electron chi connectivity index (χ1n) is 11.1. The monoisotopic (exact) mass is 473 g/mol. The Morgan fingerprint density at radius 2 is 1.85 bits per heavy atom. The van der Waals surface area contributed by atoms with Gasteiger partial charge in [0.05, 0.1) is 12.8 Å². The Balaban J connectivity index is 1.52. The van der Waals surface area contributed by atoms with Crippen molar-refractivity contribution >= 4 is 40.1 Å². The second kappa shape index (κ2) is 11.0. The minimum atomic E-state index is -0.548. The molecule has 0 saturated carbocycles. The molecule has 1 atom stereocenters. The lowest BCUT2D eigenvalue weighted by Gasteiger charge is -2.32. The van der Waals surface area contributed by atoms with E-state index in [0.717, 1.165) is 28.3 Å². The fourth-order valence-electron chi connectivity index (χ4n) is 3.65. The number of amidine groups is 1. The molecule has 2 amide bonds. The maximum Gasteiger partial charge on any atom is 0.238 e. The van der Waals surface area contributed by atoms with Crippen molar-refractivity contribution < 1.29 is 14.3 Å². The predicted octanol–water partition coefficient (Wildman–Crippen LogP) is 5.21. The molecule has 1 aliphatic rings. The van der Waals surface area contributed by atoms with E-state index in [-0.39, 0.29) is 18.2 Å². The van der Waals surface area contributed by atoms with E-state index in [1.165, 1.54) is 11.8 Å². The summed E-state index contributed by atoms with van der Waals surface area (Å²) in [5.41, 5.74) is 3.62. The van der Waals surface area contributed by atoms with Crippen LogP contribution in [0.4, 0.5) is 11.4 Å². The zero-order valence-electron chi connectivity index (χ0n) is 19.2. The molecule has 174 valence electrons. The maximum absolute atomic E-state index is 13.2. The fraction of sp³-hybridized carbons (Fsp3) is 0.222. The van der Waals surface area contributed by atoms with Crippen molar-refractivity contribution in [3.8, 4) is 5.75 Å². The number of aryl methyl sites for hydroxylation is 1. The number of para-hydroxylation sites is 1. The average molecular weight is 474 g/mol. The summed E-state index contributed by atoms with van der Waals surface area (Å²) in [5, 5.41) is 2.94. The average Bonchev–Trinajstić information content (AvgIpc) is 2.84. The molecule has 34 heavy (non-hydrogen) atoms. The summed E-state index contributed by atoms with van der Waals surface area (Å²) >= 11 is 1.33. The number of hydrogen-bond acceptors (Lipinski definition) is 5. The molecule has 1 fully saturated rings. The molecule has 0 bridgehead atoms. The third kappa shape index (κ3) is 6.05. The number of anilines is 1. The smallest absolute Gasteiger partial charge is 0.238 e. The van der Waals surface area contributed by atoms with E-state index >= 15 is 0 Å². The number of methoxy groups -OCH3 is 1. The number of hydrogen-bond donors (Lipinski definition) is 1. The van der Waals surface area contributed by atoms with Crippen molar-refractivity contribution in [2.75, 3.05) is 19.0 Å². The van der Waals surface area contributed by atoms with Crippen LogP contribution in [0.3, 0.4) is 0 Å². The molecule has 0 spiro atoms. The van der Waals surface area contributed by atoms with E-state index in [1.54, 1.807) is 12.0 Å². The van der Waals surface area contributed by atoms with Gasteiger partial charge in [-0.2, -0.15) is 0 Å². The van der Waals surface area contributed by atoms with Gasteiger partial charge < -0.3 is 10.1 Å². The SMILES string of the molecule is COc1ccc(CCN2C(=O)C[C@@H](C(=O)Nc3cccc(C)c3)SC2=Nc2ccccc2)cc1. The van der Waals surface area contributed by atoms with Crippen molar-refractivity contribution in [3.05, 3.63) is 90.0 Å². The first-order chi connectivity index (χ1) is 16.5. The van der Waals surface area contributed by atoms with E-state index < -0.39 is 5.25 Å². The van der Waals surface area contributed by atoms with Crippen LogP contribution in [-0.2, 0) is 16.0 Å². The van der Waals surface area contributed by atoms with E-state index in [4.69, 9.17) is 9.73 Å². The zero-order valence-corrected chi connectivity index (χ0v) is 20.0. The van der Waals surface area contributed by atoms with Gasteiger partial charge in [-0.3, -0.25) is 14.5 Å². The molecule has 1 N–H and O–H groups in total. The van der Waals surface area contributed by atoms with Crippen LogP contribution >= 0.6 is 11.8 Å². The number of aliphatic imine (C=N–C) groups is 1. The molecule has 0 aromatic heterocycles. The fourth-order valence-corrected chi connectivity index (χ4v) is 4.78. The Morgan fingerprint density at radius 1 is 1.09 bits per heavy atom. The third-order valence-corrected chi connectivity index (χ3v) is 6.67. The molecule has 7 heteroatoms. The van der Waals surface area contributed by atoms with Crippen molar-refractivity contribution in [2.24, 2.45) is 4.99 Å². The molecule has 1 saturated heterocycles. The normalized spacial score (nSPS) is 17.0. The Morgan fingerprint density at radius 3 is 2.56 bits per heavy atom. The van der Waals surface area contributed by atoms with Crippen LogP contribution in [-0.4, -0.2) is 40.8 Å². The number of nitrogens with zero attached hydrogens (tertiary/aromatic N) is 2. The molecule has 4 rings (SSSR count). The summed E-state index contributed by atoms with van der Waals surface area (Å²) in [5.74, 6) is 0.494. The minimum absolute atomic E-state index is 0.105. The van der Waals surface area contributed by atoms with Gasteiger partial charge in [0.2, 0.25) is 11.8 Å². The summed E-state index contributed by atoms with van der Waals surface area (Å²) in [6.07, 6.45) is 0.795. The highest BCUT2D eigenvalue weighted by molar-refractivity contribution is 8.15. The Bertz CT molecular complexity index is 1180. The maximum atomic E-state index is 13.2. The van der Waals surface area contributed by atoms with Crippen molar-refractivity contribution in [3.63, 3.8) is 0 Å². The van der Waals surface area contributed by atoms with Gasteiger partial charge in [0, 0.05) is 18.7 Å². The van der Waals surface area contributed by atoms with Gasteiger partial charge in [0.15, 0.2) is 5.17 Å². The van der Waals surface area contributed by atoms with Gasteiger partial charge in [-0.25, -0.2) is 4.99 Å². The molecule has 3 aromatic rings. The molecule has 1 aliphatic heterocycles. The van der Waals surface area contributed by atoms with Crippen LogP contribution < -0.4 is 10.1 Å². The highest BCUT2D eigenvalue weighted by Crippen LogP contribution is 2.30. The number of amides is 2. The number of carbonyl (C=O) groups is 2. The van der Waals surface area contributed by atoms with Crippen LogP contribution in [0, 0.1) is 6.92 Å². The summed E-state index contributed by atoms with van der Waals surface area (Å²) in [6.45, 7) is 2.45. The Kier molecular flexibility index (Phi) is 7.65. The summed E-state index contributed by atoms with van der Waals surface area (Å²) < 4.78 is 5.22. The number of benzene rings is 3. The Labute approximate surface area is 204 Å². The van der Waals surface area contributed by atoms with Crippen molar-refractivity contribution in [1.29, 1.82) is 0 Å². The molecule has 0 aliphatic carbocycles. The number of thioether (sulfide) groups is 1. The lowest BCUT2D eigenvalue weighted by Crippen LogP contribution is -2.46. The van der Waals surface area contributed by atoms with Crippen LogP contribution in [0.5, 0.6) is 5.75 Å². The molecular weight excluding hydrogens is 446 g/mol. The molecule has 6 nitrogen and oxygen atoms in total. The zero-order chi connectivity index (χ0) is 23.9. The number of carbonyl (C=O) groups excluding carboxylic acids is 2. The summed E-state index contributed by atoms with van der Waals surface area (Å²) in [6, 6.07) is 24.9. The molecular formula is C27H27N3O3S. The molecule has 0 unspecified atom stereocenters. The number of ether oxygens (including phenoxy) is 1. The molecule has 3 aromatic carbocycles. The highest BCUT2D eigenvalue weighted by Gasteiger charge is 2.35. The first-order valence-corrected chi connectivity index (χ1v) is 12.0. The van der Waals surface area contributed by atoms with E-state index in [0.29, 0.717) is 18.1 Å². The van der Waals surface area contributed by atoms with Gasteiger partial charge in [-0.05, 0) is 60.9 Å². The van der Waals surface area contributed by atoms with Crippen LogP contribution in [0.1, 0.15) is 17.5 Å². The largest absolute Gasteiger partial charge is 0.497 e. The van der Waals surface area contributed by atoms with E-state index in [2.05, 4.69) is 5.32 Å². The molecule has 1 heterocycles. The predicted molar refractivity (Wildman–Crippen MR) is 138 cm³/mol. The van der Waals surface area contributed by atoms with Gasteiger partial charge in [-0.1, -0.05) is 54.2 Å². The number of nitrogens with one attached hydrogen (secondary N) is 1. The van der Waals surface area contributed by atoms with Crippen molar-refractivity contribution in [2.45, 2.75) is 25.0 Å². The van der Waals surface area contributed by atoms with E-state index in [1.807, 2.05) is 85.8 Å². The van der Waals surface area contributed by atoms with Crippen LogP contribution in [0.2, 0.25) is 0 Å². The van der Waals surface area contributed by atoms with Gasteiger partial charge in [0.25, 0.3) is 0 Å². The summed E-state index contributed by atoms with van der Waals surface area (Å²) in [7, 11) is 1.64. The topological polar surface area (TPSA) is 71.0 Å². The number of rotatable bonds is 7. The standard InChI is InChI=1S/C27H27N3O3S/c1-19-7-6-10-22(17-19)28-26(32)24-18-25(31)30(16-15-20-11-13-23(33-2)14-12-20)27(34-24)29-21-8-4-3-5-9-21/h3-14,17,24H,15-16,18H2,1-2H3,(H,28,32)/t24-/m0/s1. The van der Waals surface area contributed by atoms with Crippen LogP contribution in [0.15, 0.2) is 83.9 Å².